The molecular weight excluding hydrogens is 214 g/mol. The van der Waals surface area contributed by atoms with E-state index < -0.39 is 11.6 Å². The molecule has 0 aliphatic rings. The topological polar surface area (TPSA) is 46.3 Å². The summed E-state index contributed by atoms with van der Waals surface area (Å²) in [5, 5.41) is 0. The fourth-order valence-corrected chi connectivity index (χ4v) is 1.31. The van der Waals surface area contributed by atoms with Crippen molar-refractivity contribution in [1.29, 1.82) is 0 Å². The lowest BCUT2D eigenvalue weighted by molar-refractivity contribution is -0.130. The van der Waals surface area contributed by atoms with Crippen molar-refractivity contribution in [3.05, 3.63) is 35.4 Å². The van der Waals surface area contributed by atoms with Crippen molar-refractivity contribution in [2.75, 3.05) is 13.6 Å². The van der Waals surface area contributed by atoms with Gasteiger partial charge in [-0.1, -0.05) is 6.07 Å². The molecule has 0 unspecified atom stereocenters. The van der Waals surface area contributed by atoms with Crippen molar-refractivity contribution in [3.63, 3.8) is 0 Å². The average Bonchev–Trinajstić information content (AvgIpc) is 2.24. The van der Waals surface area contributed by atoms with E-state index in [1.807, 2.05) is 0 Å². The van der Waals surface area contributed by atoms with E-state index in [4.69, 9.17) is 5.73 Å². The number of carbonyl (C=O) groups is 1. The molecule has 0 heterocycles. The van der Waals surface area contributed by atoms with Crippen LogP contribution in [-0.2, 0) is 11.3 Å². The van der Waals surface area contributed by atoms with Gasteiger partial charge in [0, 0.05) is 26.6 Å². The number of halogens is 2. The van der Waals surface area contributed by atoms with Gasteiger partial charge in [0.25, 0.3) is 0 Å². The predicted octanol–water partition coefficient (Wildman–Crippen LogP) is 1.27. The van der Waals surface area contributed by atoms with Crippen LogP contribution in [0, 0.1) is 11.6 Å². The molecule has 0 radical (unpaired) electrons. The highest BCUT2D eigenvalue weighted by atomic mass is 19.2. The molecule has 3 nitrogen and oxygen atoms in total. The Labute approximate surface area is 92.8 Å². The molecule has 1 amide bonds. The summed E-state index contributed by atoms with van der Waals surface area (Å²) in [7, 11) is 1.60. The molecule has 1 rings (SSSR count). The van der Waals surface area contributed by atoms with Crippen LogP contribution >= 0.6 is 0 Å². The van der Waals surface area contributed by atoms with Crippen LogP contribution in [-0.4, -0.2) is 24.4 Å². The molecule has 0 aliphatic heterocycles. The van der Waals surface area contributed by atoms with Gasteiger partial charge >= 0.3 is 0 Å². The van der Waals surface area contributed by atoms with Gasteiger partial charge in [0.15, 0.2) is 11.6 Å². The zero-order chi connectivity index (χ0) is 12.1. The van der Waals surface area contributed by atoms with E-state index in [1.165, 1.54) is 11.0 Å². The molecule has 2 N–H and O–H groups in total. The quantitative estimate of drug-likeness (QED) is 0.843. The van der Waals surface area contributed by atoms with Gasteiger partial charge in [-0.15, -0.1) is 0 Å². The number of benzene rings is 1. The summed E-state index contributed by atoms with van der Waals surface area (Å²) in [6.07, 6.45) is 0.250. The third kappa shape index (κ3) is 3.27. The summed E-state index contributed by atoms with van der Waals surface area (Å²) in [4.78, 5) is 12.8. The van der Waals surface area contributed by atoms with Crippen molar-refractivity contribution in [2.45, 2.75) is 13.0 Å². The lowest BCUT2D eigenvalue weighted by atomic mass is 10.2. The van der Waals surface area contributed by atoms with Crippen LogP contribution < -0.4 is 5.73 Å². The van der Waals surface area contributed by atoms with Crippen LogP contribution in [0.3, 0.4) is 0 Å². The molecule has 0 bridgehead atoms. The first-order valence-corrected chi connectivity index (χ1v) is 4.92. The number of carbonyl (C=O) groups excluding carboxylic acids is 1. The second-order valence-electron chi connectivity index (χ2n) is 3.54. The first kappa shape index (κ1) is 12.6. The second-order valence-corrected chi connectivity index (χ2v) is 3.54. The Kier molecular flexibility index (Phi) is 4.37. The summed E-state index contributed by atoms with van der Waals surface area (Å²) in [6.45, 7) is 0.525. The predicted molar refractivity (Wildman–Crippen MR) is 56.5 cm³/mol. The summed E-state index contributed by atoms with van der Waals surface area (Å²) in [6, 6.07) is 3.58. The van der Waals surface area contributed by atoms with E-state index >= 15 is 0 Å². The number of nitrogens with two attached hydrogens (primary N) is 1. The third-order valence-electron chi connectivity index (χ3n) is 2.19. The number of hydrogen-bond donors (Lipinski definition) is 1. The molecule has 0 fully saturated rings. The number of nitrogens with zero attached hydrogens (tertiary/aromatic N) is 1. The maximum atomic E-state index is 12.9. The van der Waals surface area contributed by atoms with Gasteiger partial charge in [-0.2, -0.15) is 0 Å². The maximum absolute atomic E-state index is 12.9. The fourth-order valence-electron chi connectivity index (χ4n) is 1.31. The number of hydrogen-bond acceptors (Lipinski definition) is 2. The van der Waals surface area contributed by atoms with Crippen LogP contribution in [0.2, 0.25) is 0 Å². The normalized spacial score (nSPS) is 10.2. The van der Waals surface area contributed by atoms with Crippen LogP contribution in [0.25, 0.3) is 0 Å². The van der Waals surface area contributed by atoms with Gasteiger partial charge in [0.05, 0.1) is 0 Å². The van der Waals surface area contributed by atoms with E-state index in [-0.39, 0.29) is 25.4 Å². The van der Waals surface area contributed by atoms with Crippen LogP contribution in [0.15, 0.2) is 18.2 Å². The zero-order valence-corrected chi connectivity index (χ0v) is 9.04. The SMILES string of the molecule is CN(Cc1ccc(F)c(F)c1)C(=O)CCN. The number of rotatable bonds is 4. The second kappa shape index (κ2) is 5.55. The first-order valence-electron chi connectivity index (χ1n) is 4.92. The summed E-state index contributed by atoms with van der Waals surface area (Å²) in [5.74, 6) is -1.91. The molecule has 1 aromatic rings. The molecule has 0 atom stereocenters. The monoisotopic (exact) mass is 228 g/mol. The molecule has 0 aromatic heterocycles. The molecule has 0 spiro atoms. The highest BCUT2D eigenvalue weighted by Crippen LogP contribution is 2.10. The van der Waals surface area contributed by atoms with Crippen molar-refractivity contribution in [1.82, 2.24) is 4.90 Å². The van der Waals surface area contributed by atoms with E-state index in [0.717, 1.165) is 12.1 Å². The summed E-state index contributed by atoms with van der Waals surface area (Å²) < 4.78 is 25.5. The minimum Gasteiger partial charge on any atom is -0.341 e. The molecule has 1 aromatic carbocycles. The van der Waals surface area contributed by atoms with E-state index in [1.54, 1.807) is 7.05 Å². The minimum atomic E-state index is -0.905. The van der Waals surface area contributed by atoms with Gasteiger partial charge in [-0.3, -0.25) is 4.79 Å². The molecule has 88 valence electrons. The Bertz CT molecular complexity index is 382. The van der Waals surface area contributed by atoms with E-state index in [9.17, 15) is 13.6 Å². The van der Waals surface area contributed by atoms with Crippen molar-refractivity contribution in [3.8, 4) is 0 Å². The van der Waals surface area contributed by atoms with Crippen LogP contribution in [0.1, 0.15) is 12.0 Å². The lowest BCUT2D eigenvalue weighted by Gasteiger charge is -2.16. The highest BCUT2D eigenvalue weighted by molar-refractivity contribution is 5.76. The van der Waals surface area contributed by atoms with Gasteiger partial charge < -0.3 is 10.6 Å². The minimum absolute atomic E-state index is 0.118. The summed E-state index contributed by atoms with van der Waals surface area (Å²) >= 11 is 0. The Morgan fingerprint density at radius 1 is 1.38 bits per heavy atom. The smallest absolute Gasteiger partial charge is 0.223 e. The Morgan fingerprint density at radius 3 is 2.62 bits per heavy atom. The van der Waals surface area contributed by atoms with E-state index in [0.29, 0.717) is 5.56 Å². The largest absolute Gasteiger partial charge is 0.341 e. The summed E-state index contributed by atoms with van der Waals surface area (Å²) in [5.41, 5.74) is 5.80. The van der Waals surface area contributed by atoms with Crippen molar-refractivity contribution < 1.29 is 13.6 Å². The molecule has 16 heavy (non-hydrogen) atoms. The maximum Gasteiger partial charge on any atom is 0.223 e. The lowest BCUT2D eigenvalue weighted by Crippen LogP contribution is -2.28. The third-order valence-corrected chi connectivity index (χ3v) is 2.19. The van der Waals surface area contributed by atoms with Crippen LogP contribution in [0.4, 0.5) is 8.78 Å². The van der Waals surface area contributed by atoms with Gasteiger partial charge in [-0.25, -0.2) is 8.78 Å². The first-order chi connectivity index (χ1) is 7.54. The van der Waals surface area contributed by atoms with Gasteiger partial charge in [-0.05, 0) is 17.7 Å². The molecule has 0 saturated carbocycles. The average molecular weight is 228 g/mol. The molecule has 0 saturated heterocycles. The highest BCUT2D eigenvalue weighted by Gasteiger charge is 2.09. The van der Waals surface area contributed by atoms with Gasteiger partial charge in [0.2, 0.25) is 5.91 Å². The fraction of sp³-hybridized carbons (Fsp3) is 0.364. The Balaban J connectivity index is 2.66. The Morgan fingerprint density at radius 2 is 2.06 bits per heavy atom. The van der Waals surface area contributed by atoms with Crippen molar-refractivity contribution >= 4 is 5.91 Å². The van der Waals surface area contributed by atoms with Crippen LogP contribution in [0.5, 0.6) is 0 Å². The van der Waals surface area contributed by atoms with Gasteiger partial charge in [0.1, 0.15) is 0 Å². The molecular formula is C11H14F2N2O. The number of amides is 1. The standard InChI is InChI=1S/C11H14F2N2O/c1-15(11(16)4-5-14)7-8-2-3-9(12)10(13)6-8/h2-3,6H,4-5,7,14H2,1H3. The molecule has 0 aliphatic carbocycles. The van der Waals surface area contributed by atoms with Crippen molar-refractivity contribution in [2.24, 2.45) is 5.73 Å². The molecule has 5 heteroatoms. The van der Waals surface area contributed by atoms with E-state index in [2.05, 4.69) is 0 Å². The Hall–Kier alpha value is -1.49. The zero-order valence-electron chi connectivity index (χ0n) is 9.04.